The van der Waals surface area contributed by atoms with Crippen LogP contribution in [0.5, 0.6) is 0 Å². The van der Waals surface area contributed by atoms with Gasteiger partial charge in [-0.2, -0.15) is 0 Å². The Morgan fingerprint density at radius 3 is 2.64 bits per heavy atom. The number of benzene rings is 1. The highest BCUT2D eigenvalue weighted by molar-refractivity contribution is 5.85. The van der Waals surface area contributed by atoms with Gasteiger partial charge in [-0.05, 0) is 36.0 Å². The summed E-state index contributed by atoms with van der Waals surface area (Å²) in [5, 5.41) is 3.66. The first kappa shape index (κ1) is 21.7. The average Bonchev–Trinajstić information content (AvgIpc) is 3.38. The summed E-state index contributed by atoms with van der Waals surface area (Å²) in [5.41, 5.74) is 10.8. The molecule has 0 bridgehead atoms. The minimum absolute atomic E-state index is 0. The van der Waals surface area contributed by atoms with Gasteiger partial charge in [-0.3, -0.25) is 4.98 Å². The minimum atomic E-state index is 0. The van der Waals surface area contributed by atoms with Gasteiger partial charge in [-0.1, -0.05) is 55.0 Å². The average molecular weight is 380 g/mol. The summed E-state index contributed by atoms with van der Waals surface area (Å²) in [5.74, 6) is 0.665. The maximum atomic E-state index is 5.76. The van der Waals surface area contributed by atoms with Crippen molar-refractivity contribution < 1.29 is 0 Å². The Bertz CT molecular complexity index is 674. The van der Waals surface area contributed by atoms with E-state index in [1.807, 2.05) is 12.3 Å². The molecule has 25 heavy (non-hydrogen) atoms. The largest absolute Gasteiger partial charge is 0.325 e. The van der Waals surface area contributed by atoms with Crippen LogP contribution >= 0.6 is 24.8 Å². The molecule has 1 heterocycles. The van der Waals surface area contributed by atoms with Gasteiger partial charge in [0.1, 0.15) is 0 Å². The van der Waals surface area contributed by atoms with Crippen LogP contribution in [-0.2, 0) is 13.1 Å². The number of halogens is 2. The second kappa shape index (κ2) is 10.6. The number of rotatable bonds is 7. The minimum Gasteiger partial charge on any atom is -0.325 e. The van der Waals surface area contributed by atoms with Crippen LogP contribution in [0.3, 0.4) is 0 Å². The third-order valence-electron chi connectivity index (χ3n) is 4.56. The van der Waals surface area contributed by atoms with Crippen molar-refractivity contribution >= 4 is 30.9 Å². The Labute approximate surface area is 162 Å². The lowest BCUT2D eigenvalue weighted by molar-refractivity contribution is 0.648. The van der Waals surface area contributed by atoms with Crippen molar-refractivity contribution in [3.05, 3.63) is 71.1 Å². The van der Waals surface area contributed by atoms with Crippen LogP contribution in [0, 0.1) is 5.92 Å². The van der Waals surface area contributed by atoms with Gasteiger partial charge in [0, 0.05) is 25.3 Å². The molecule has 1 saturated carbocycles. The van der Waals surface area contributed by atoms with Crippen molar-refractivity contribution in [3.63, 3.8) is 0 Å². The van der Waals surface area contributed by atoms with Gasteiger partial charge in [0.05, 0.1) is 5.69 Å². The number of nitrogens with zero attached hydrogens (tertiary/aromatic N) is 1. The first-order valence-electron chi connectivity index (χ1n) is 8.43. The topological polar surface area (TPSA) is 50.9 Å². The Kier molecular flexibility index (Phi) is 9.15. The number of hydrogen-bond acceptors (Lipinski definition) is 3. The van der Waals surface area contributed by atoms with Gasteiger partial charge >= 0.3 is 0 Å². The second-order valence-electron chi connectivity index (χ2n) is 6.13. The predicted octanol–water partition coefficient (Wildman–Crippen LogP) is 4.36. The summed E-state index contributed by atoms with van der Waals surface area (Å²) in [6.45, 7) is 3.60. The smallest absolute Gasteiger partial charge is 0.0584 e. The second-order valence-corrected chi connectivity index (χ2v) is 6.13. The van der Waals surface area contributed by atoms with E-state index in [9.17, 15) is 0 Å². The fraction of sp³-hybridized carbons (Fsp3) is 0.350. The fourth-order valence-corrected chi connectivity index (χ4v) is 3.12. The molecule has 0 saturated heterocycles. The summed E-state index contributed by atoms with van der Waals surface area (Å²) in [6, 6.07) is 15.3. The Morgan fingerprint density at radius 2 is 1.96 bits per heavy atom. The first-order valence-corrected chi connectivity index (χ1v) is 8.43. The molecule has 0 aliphatic heterocycles. The third-order valence-corrected chi connectivity index (χ3v) is 4.56. The van der Waals surface area contributed by atoms with Gasteiger partial charge in [0.2, 0.25) is 0 Å². The molecular weight excluding hydrogens is 353 g/mol. The molecule has 1 aliphatic carbocycles. The molecule has 136 valence electrons. The monoisotopic (exact) mass is 379 g/mol. The van der Waals surface area contributed by atoms with Crippen molar-refractivity contribution in [2.24, 2.45) is 11.7 Å². The number of aromatic nitrogens is 1. The van der Waals surface area contributed by atoms with E-state index < -0.39 is 0 Å². The zero-order valence-corrected chi connectivity index (χ0v) is 16.2. The van der Waals surface area contributed by atoms with E-state index in [4.69, 9.17) is 5.73 Å². The molecule has 1 fully saturated rings. The van der Waals surface area contributed by atoms with E-state index in [1.165, 1.54) is 17.5 Å². The molecule has 1 aromatic heterocycles. The molecule has 1 aromatic carbocycles. The molecular formula is C20H27Cl2N3. The lowest BCUT2D eigenvalue weighted by Gasteiger charge is -2.09. The van der Waals surface area contributed by atoms with Crippen molar-refractivity contribution in [2.75, 3.05) is 0 Å². The molecule has 5 heteroatoms. The molecule has 2 aromatic rings. The molecule has 3 nitrogen and oxygen atoms in total. The molecule has 2 atom stereocenters. The summed E-state index contributed by atoms with van der Waals surface area (Å²) >= 11 is 0. The molecule has 0 spiro atoms. The van der Waals surface area contributed by atoms with Crippen LogP contribution < -0.4 is 11.1 Å². The highest BCUT2D eigenvalue weighted by Gasteiger charge is 2.38. The molecule has 3 N–H and O–H groups in total. The lowest BCUT2D eigenvalue weighted by Crippen LogP contribution is -2.20. The Balaban J connectivity index is 0.00000156. The fourth-order valence-electron chi connectivity index (χ4n) is 3.12. The van der Waals surface area contributed by atoms with E-state index >= 15 is 0 Å². The third kappa shape index (κ3) is 5.82. The van der Waals surface area contributed by atoms with E-state index in [0.29, 0.717) is 18.5 Å². The zero-order valence-electron chi connectivity index (χ0n) is 14.5. The first-order chi connectivity index (χ1) is 11.3. The normalized spacial score (nSPS) is 18.9. The van der Waals surface area contributed by atoms with Crippen LogP contribution in [-0.4, -0.2) is 11.0 Å². The van der Waals surface area contributed by atoms with Crippen LogP contribution in [0.2, 0.25) is 0 Å². The van der Waals surface area contributed by atoms with E-state index in [2.05, 4.69) is 59.7 Å². The van der Waals surface area contributed by atoms with Gasteiger partial charge < -0.3 is 11.1 Å². The van der Waals surface area contributed by atoms with Gasteiger partial charge in [0.15, 0.2) is 0 Å². The van der Waals surface area contributed by atoms with Crippen molar-refractivity contribution in [3.8, 4) is 0 Å². The van der Waals surface area contributed by atoms with Crippen LogP contribution in [0.15, 0.2) is 54.2 Å². The Hall–Kier alpha value is -1.39. The van der Waals surface area contributed by atoms with E-state index in [1.54, 1.807) is 5.57 Å². The SMILES string of the molecule is CC/C(=C\c1ccccc1)C1CC1NCc1cccnc1CN.Cl.Cl. The zero-order chi connectivity index (χ0) is 16.1. The van der Waals surface area contributed by atoms with Crippen LogP contribution in [0.1, 0.15) is 36.6 Å². The number of nitrogens with one attached hydrogen (secondary N) is 1. The molecule has 0 amide bonds. The predicted molar refractivity (Wildman–Crippen MR) is 110 cm³/mol. The summed E-state index contributed by atoms with van der Waals surface area (Å²) < 4.78 is 0. The van der Waals surface area contributed by atoms with Crippen LogP contribution in [0.25, 0.3) is 6.08 Å². The lowest BCUT2D eigenvalue weighted by atomic mass is 10.0. The maximum absolute atomic E-state index is 5.76. The molecule has 1 aliphatic rings. The quantitative estimate of drug-likeness (QED) is 0.751. The number of hydrogen-bond donors (Lipinski definition) is 2. The summed E-state index contributed by atoms with van der Waals surface area (Å²) in [7, 11) is 0. The van der Waals surface area contributed by atoms with Crippen molar-refractivity contribution in [1.29, 1.82) is 0 Å². The van der Waals surface area contributed by atoms with Crippen molar-refractivity contribution in [1.82, 2.24) is 10.3 Å². The standard InChI is InChI=1S/C20H25N3.2ClH/c1-2-16(11-15-7-4-3-5-8-15)18-12-19(18)23-14-17-9-6-10-22-20(17)13-21;;/h3-11,18-19,23H,2,12-14,21H2,1H3;2*1H/b16-11+;;. The van der Waals surface area contributed by atoms with Gasteiger partial charge in [0.25, 0.3) is 0 Å². The van der Waals surface area contributed by atoms with E-state index in [0.717, 1.165) is 18.7 Å². The highest BCUT2D eigenvalue weighted by Crippen LogP contribution is 2.39. The maximum Gasteiger partial charge on any atom is 0.0584 e. The number of pyridine rings is 1. The molecule has 2 unspecified atom stereocenters. The van der Waals surface area contributed by atoms with Crippen LogP contribution in [0.4, 0.5) is 0 Å². The molecule has 3 rings (SSSR count). The van der Waals surface area contributed by atoms with Gasteiger partial charge in [-0.15, -0.1) is 24.8 Å². The van der Waals surface area contributed by atoms with Crippen molar-refractivity contribution in [2.45, 2.75) is 38.9 Å². The number of nitrogens with two attached hydrogens (primary N) is 1. The Morgan fingerprint density at radius 1 is 1.20 bits per heavy atom. The molecule has 0 radical (unpaired) electrons. The highest BCUT2D eigenvalue weighted by atomic mass is 35.5. The summed E-state index contributed by atoms with van der Waals surface area (Å²) in [4.78, 5) is 4.35. The van der Waals surface area contributed by atoms with Gasteiger partial charge in [-0.25, -0.2) is 0 Å². The van der Waals surface area contributed by atoms with E-state index in [-0.39, 0.29) is 24.8 Å². The summed E-state index contributed by atoms with van der Waals surface area (Å²) in [6.07, 6.45) is 6.49.